The standard InChI is InChI=1S/C20H18FN3O3S/c1-2-18-22-20(24-23-18)28-17(19(25)26)11-13-7-4-6-10-16(13)27-12-14-8-3-5-9-15(14)21/h3-11H,2,12H2,1H3,(H,25,26)(H,22,23,24)/b17-11-. The van der Waals surface area contributed by atoms with Gasteiger partial charge in [-0.3, -0.25) is 5.10 Å². The van der Waals surface area contributed by atoms with Gasteiger partial charge in [-0.15, -0.1) is 5.10 Å². The van der Waals surface area contributed by atoms with Gasteiger partial charge in [-0.1, -0.05) is 43.3 Å². The zero-order chi connectivity index (χ0) is 19.9. The van der Waals surface area contributed by atoms with E-state index in [0.29, 0.717) is 34.3 Å². The number of rotatable bonds is 8. The molecule has 2 aromatic carbocycles. The van der Waals surface area contributed by atoms with Gasteiger partial charge in [0.25, 0.3) is 0 Å². The number of aliphatic carboxylic acids is 1. The van der Waals surface area contributed by atoms with Crippen molar-refractivity contribution < 1.29 is 19.0 Å². The Morgan fingerprint density at radius 2 is 2.00 bits per heavy atom. The minimum absolute atomic E-state index is 0.0356. The van der Waals surface area contributed by atoms with E-state index in [2.05, 4.69) is 15.2 Å². The molecule has 3 aromatic rings. The number of aryl methyl sites for hydroxylation is 1. The summed E-state index contributed by atoms with van der Waals surface area (Å²) in [6, 6.07) is 13.3. The number of aromatic nitrogens is 3. The highest BCUT2D eigenvalue weighted by Gasteiger charge is 2.15. The lowest BCUT2D eigenvalue weighted by Gasteiger charge is -2.10. The molecule has 0 spiro atoms. The van der Waals surface area contributed by atoms with E-state index in [0.717, 1.165) is 11.8 Å². The number of benzene rings is 2. The molecule has 0 atom stereocenters. The van der Waals surface area contributed by atoms with Crippen LogP contribution in [0.15, 0.2) is 58.6 Å². The number of para-hydroxylation sites is 1. The molecular formula is C20H18FN3O3S. The summed E-state index contributed by atoms with van der Waals surface area (Å²) >= 11 is 0.946. The second-order valence-electron chi connectivity index (χ2n) is 5.75. The molecular weight excluding hydrogens is 381 g/mol. The van der Waals surface area contributed by atoms with Crippen molar-refractivity contribution in [3.63, 3.8) is 0 Å². The fraction of sp³-hybridized carbons (Fsp3) is 0.150. The number of aromatic amines is 1. The number of halogens is 1. The zero-order valence-corrected chi connectivity index (χ0v) is 15.9. The van der Waals surface area contributed by atoms with Crippen LogP contribution < -0.4 is 4.74 Å². The van der Waals surface area contributed by atoms with Gasteiger partial charge in [-0.25, -0.2) is 14.2 Å². The molecule has 0 unspecified atom stereocenters. The van der Waals surface area contributed by atoms with Crippen molar-refractivity contribution in [2.24, 2.45) is 0 Å². The van der Waals surface area contributed by atoms with Crippen LogP contribution in [0.5, 0.6) is 5.75 Å². The van der Waals surface area contributed by atoms with Gasteiger partial charge in [0, 0.05) is 17.5 Å². The van der Waals surface area contributed by atoms with Crippen molar-refractivity contribution in [1.29, 1.82) is 0 Å². The summed E-state index contributed by atoms with van der Waals surface area (Å²) in [7, 11) is 0. The van der Waals surface area contributed by atoms with E-state index >= 15 is 0 Å². The minimum Gasteiger partial charge on any atom is -0.488 e. The van der Waals surface area contributed by atoms with E-state index in [1.807, 2.05) is 6.92 Å². The number of H-pyrrole nitrogens is 1. The molecule has 6 nitrogen and oxygen atoms in total. The molecule has 0 aliphatic rings. The third kappa shape index (κ3) is 4.98. The average Bonchev–Trinajstić information content (AvgIpc) is 3.15. The molecule has 144 valence electrons. The summed E-state index contributed by atoms with van der Waals surface area (Å²) in [6.45, 7) is 1.96. The van der Waals surface area contributed by atoms with Crippen molar-refractivity contribution in [2.75, 3.05) is 0 Å². The Balaban J connectivity index is 1.82. The monoisotopic (exact) mass is 399 g/mol. The molecule has 1 aromatic heterocycles. The SMILES string of the molecule is CCc1nc(S/C(=C\c2ccccc2OCc2ccccc2F)C(=O)O)n[nH]1. The molecule has 0 saturated heterocycles. The predicted molar refractivity (Wildman–Crippen MR) is 104 cm³/mol. The van der Waals surface area contributed by atoms with Crippen molar-refractivity contribution in [2.45, 2.75) is 25.1 Å². The molecule has 0 radical (unpaired) electrons. The summed E-state index contributed by atoms with van der Waals surface area (Å²) in [5.74, 6) is -0.319. The van der Waals surface area contributed by atoms with Crippen LogP contribution in [-0.2, 0) is 17.8 Å². The first-order valence-electron chi connectivity index (χ1n) is 8.56. The number of nitrogens with one attached hydrogen (secondary N) is 1. The van der Waals surface area contributed by atoms with E-state index in [9.17, 15) is 14.3 Å². The van der Waals surface area contributed by atoms with Crippen LogP contribution in [0, 0.1) is 5.82 Å². The maximum atomic E-state index is 13.8. The van der Waals surface area contributed by atoms with Crippen LogP contribution >= 0.6 is 11.8 Å². The lowest BCUT2D eigenvalue weighted by Crippen LogP contribution is -2.01. The first-order valence-corrected chi connectivity index (χ1v) is 9.37. The zero-order valence-electron chi connectivity index (χ0n) is 15.1. The van der Waals surface area contributed by atoms with Crippen LogP contribution in [0.4, 0.5) is 4.39 Å². The van der Waals surface area contributed by atoms with Crippen LogP contribution in [-0.4, -0.2) is 26.3 Å². The first-order chi connectivity index (χ1) is 13.6. The first kappa shape index (κ1) is 19.6. The number of nitrogens with zero attached hydrogens (tertiary/aromatic N) is 2. The van der Waals surface area contributed by atoms with E-state index in [-0.39, 0.29) is 17.3 Å². The minimum atomic E-state index is -1.10. The lowest BCUT2D eigenvalue weighted by atomic mass is 10.2. The van der Waals surface area contributed by atoms with Gasteiger partial charge in [0.15, 0.2) is 0 Å². The van der Waals surface area contributed by atoms with Gasteiger partial charge in [0.05, 0.1) is 0 Å². The van der Waals surface area contributed by atoms with Crippen molar-refractivity contribution in [3.05, 3.63) is 76.2 Å². The number of carboxylic acid groups (broad SMARTS) is 1. The van der Waals surface area contributed by atoms with Crippen molar-refractivity contribution >= 4 is 23.8 Å². The number of thioether (sulfide) groups is 1. The predicted octanol–water partition coefficient (Wildman–Crippen LogP) is 4.30. The van der Waals surface area contributed by atoms with Crippen molar-refractivity contribution in [1.82, 2.24) is 15.2 Å². The normalized spacial score (nSPS) is 11.4. The summed E-state index contributed by atoms with van der Waals surface area (Å²) in [5.41, 5.74) is 0.983. The Morgan fingerprint density at radius 1 is 1.25 bits per heavy atom. The van der Waals surface area contributed by atoms with Gasteiger partial charge in [-0.05, 0) is 30.0 Å². The molecule has 0 fully saturated rings. The van der Waals surface area contributed by atoms with Gasteiger partial charge in [0.2, 0.25) is 5.16 Å². The smallest absolute Gasteiger partial charge is 0.342 e. The molecule has 0 bridgehead atoms. The molecule has 1 heterocycles. The van der Waals surface area contributed by atoms with Crippen LogP contribution in [0.2, 0.25) is 0 Å². The average molecular weight is 399 g/mol. The van der Waals surface area contributed by atoms with Gasteiger partial charge in [-0.2, -0.15) is 0 Å². The Labute approximate surface area is 165 Å². The number of carbonyl (C=O) groups is 1. The molecule has 0 amide bonds. The highest BCUT2D eigenvalue weighted by atomic mass is 32.2. The fourth-order valence-corrected chi connectivity index (χ4v) is 3.08. The van der Waals surface area contributed by atoms with E-state index < -0.39 is 5.97 Å². The van der Waals surface area contributed by atoms with E-state index in [1.165, 1.54) is 12.1 Å². The third-order valence-electron chi connectivity index (χ3n) is 3.80. The molecule has 0 aliphatic carbocycles. The molecule has 3 rings (SSSR count). The van der Waals surface area contributed by atoms with E-state index in [1.54, 1.807) is 42.5 Å². The van der Waals surface area contributed by atoms with Crippen molar-refractivity contribution in [3.8, 4) is 5.75 Å². The Hall–Kier alpha value is -3.13. The largest absolute Gasteiger partial charge is 0.488 e. The summed E-state index contributed by atoms with van der Waals surface area (Å²) in [4.78, 5) is 15.9. The van der Waals surface area contributed by atoms with Crippen LogP contribution in [0.3, 0.4) is 0 Å². The van der Waals surface area contributed by atoms with Gasteiger partial charge < -0.3 is 9.84 Å². The second kappa shape index (κ2) is 9.18. The number of hydrogen-bond acceptors (Lipinski definition) is 5. The topological polar surface area (TPSA) is 88.1 Å². The van der Waals surface area contributed by atoms with Crippen LogP contribution in [0.25, 0.3) is 6.08 Å². The molecule has 0 aliphatic heterocycles. The summed E-state index contributed by atoms with van der Waals surface area (Å²) < 4.78 is 19.5. The highest BCUT2D eigenvalue weighted by molar-refractivity contribution is 8.04. The van der Waals surface area contributed by atoms with Gasteiger partial charge >= 0.3 is 5.97 Å². The number of hydrogen-bond donors (Lipinski definition) is 2. The summed E-state index contributed by atoms with van der Waals surface area (Å²) in [5, 5.41) is 16.6. The molecule has 28 heavy (non-hydrogen) atoms. The fourth-order valence-electron chi connectivity index (χ4n) is 2.36. The molecule has 0 saturated carbocycles. The highest BCUT2D eigenvalue weighted by Crippen LogP contribution is 2.29. The number of ether oxygens (including phenoxy) is 1. The van der Waals surface area contributed by atoms with Gasteiger partial charge in [0.1, 0.15) is 28.9 Å². The van der Waals surface area contributed by atoms with E-state index in [4.69, 9.17) is 4.74 Å². The maximum absolute atomic E-state index is 13.8. The summed E-state index contributed by atoms with van der Waals surface area (Å²) in [6.07, 6.45) is 2.16. The Kier molecular flexibility index (Phi) is 6.44. The van der Waals surface area contributed by atoms with Crippen LogP contribution in [0.1, 0.15) is 23.9 Å². The lowest BCUT2D eigenvalue weighted by molar-refractivity contribution is -0.131. The molecule has 8 heteroatoms. The second-order valence-corrected chi connectivity index (χ2v) is 6.76. The maximum Gasteiger partial charge on any atom is 0.342 e. The number of carboxylic acids is 1. The quantitative estimate of drug-likeness (QED) is 0.434. The third-order valence-corrected chi connectivity index (χ3v) is 4.68. The molecule has 2 N–H and O–H groups in total. The Morgan fingerprint density at radius 3 is 2.71 bits per heavy atom. The Bertz CT molecular complexity index is 1000.